The third-order valence-corrected chi connectivity index (χ3v) is 4.27. The maximum absolute atomic E-state index is 13.4. The number of hydrogen-bond donors (Lipinski definition) is 1. The topological polar surface area (TPSA) is 19.0 Å². The van der Waals surface area contributed by atoms with E-state index >= 15 is 0 Å². The fourth-order valence-corrected chi connectivity index (χ4v) is 3.33. The number of aromatic amines is 1. The van der Waals surface area contributed by atoms with Gasteiger partial charge in [-0.3, -0.25) is 4.90 Å². The van der Waals surface area contributed by atoms with Gasteiger partial charge in [-0.05, 0) is 63.4 Å². The first-order chi connectivity index (χ1) is 9.15. The summed E-state index contributed by atoms with van der Waals surface area (Å²) in [6, 6.07) is 6.17. The fourth-order valence-electron chi connectivity index (χ4n) is 3.33. The van der Waals surface area contributed by atoms with Gasteiger partial charge in [0.25, 0.3) is 0 Å². The monoisotopic (exact) mass is 260 g/mol. The molecular formula is C16H21FN2. The molecule has 1 fully saturated rings. The third-order valence-electron chi connectivity index (χ3n) is 4.27. The summed E-state index contributed by atoms with van der Waals surface area (Å²) < 4.78 is 13.4. The minimum Gasteiger partial charge on any atom is -0.361 e. The van der Waals surface area contributed by atoms with Crippen LogP contribution in [-0.4, -0.2) is 28.5 Å². The van der Waals surface area contributed by atoms with Crippen LogP contribution in [0.2, 0.25) is 0 Å². The largest absolute Gasteiger partial charge is 0.361 e. The third kappa shape index (κ3) is 2.39. The molecule has 1 N–H and O–H groups in total. The van der Waals surface area contributed by atoms with Crippen LogP contribution < -0.4 is 0 Å². The molecule has 3 heteroatoms. The van der Waals surface area contributed by atoms with Crippen molar-refractivity contribution in [1.29, 1.82) is 0 Å². The molecule has 3 rings (SSSR count). The van der Waals surface area contributed by atoms with E-state index in [1.165, 1.54) is 31.0 Å². The number of rotatable bonds is 3. The smallest absolute Gasteiger partial charge is 0.123 e. The highest BCUT2D eigenvalue weighted by atomic mass is 19.1. The van der Waals surface area contributed by atoms with Crippen LogP contribution in [-0.2, 0) is 6.42 Å². The number of likely N-dealkylation sites (tertiary alicyclic amines) is 1. The maximum atomic E-state index is 13.4. The van der Waals surface area contributed by atoms with Crippen LogP contribution in [0.5, 0.6) is 0 Å². The zero-order valence-corrected chi connectivity index (χ0v) is 11.6. The average Bonchev–Trinajstić information content (AvgIpc) is 2.97. The molecule has 19 heavy (non-hydrogen) atoms. The Labute approximate surface area is 113 Å². The summed E-state index contributed by atoms with van der Waals surface area (Å²) in [6.45, 7) is 5.71. The molecule has 0 amide bonds. The number of nitrogens with one attached hydrogen (secondary N) is 1. The number of nitrogens with zero attached hydrogens (tertiary/aromatic N) is 1. The molecule has 0 spiro atoms. The lowest BCUT2D eigenvalue weighted by atomic mass is 10.0. The van der Waals surface area contributed by atoms with Gasteiger partial charge in [0, 0.05) is 29.2 Å². The van der Waals surface area contributed by atoms with Crippen molar-refractivity contribution < 1.29 is 4.39 Å². The second-order valence-electron chi connectivity index (χ2n) is 5.84. The number of hydrogen-bond acceptors (Lipinski definition) is 1. The van der Waals surface area contributed by atoms with Gasteiger partial charge in [-0.15, -0.1) is 0 Å². The van der Waals surface area contributed by atoms with Crippen molar-refractivity contribution in [1.82, 2.24) is 9.88 Å². The van der Waals surface area contributed by atoms with E-state index in [-0.39, 0.29) is 5.82 Å². The van der Waals surface area contributed by atoms with Gasteiger partial charge in [-0.25, -0.2) is 4.39 Å². The second kappa shape index (κ2) is 4.97. The van der Waals surface area contributed by atoms with E-state index in [0.717, 1.165) is 17.3 Å². The predicted molar refractivity (Wildman–Crippen MR) is 76.8 cm³/mol. The highest BCUT2D eigenvalue weighted by molar-refractivity contribution is 5.83. The summed E-state index contributed by atoms with van der Waals surface area (Å²) in [5, 5.41) is 1.04. The lowest BCUT2D eigenvalue weighted by Gasteiger charge is -2.28. The van der Waals surface area contributed by atoms with Gasteiger partial charge in [-0.1, -0.05) is 0 Å². The molecule has 0 aliphatic carbocycles. The van der Waals surface area contributed by atoms with Gasteiger partial charge in [-0.2, -0.15) is 0 Å². The molecule has 2 heterocycles. The molecule has 1 aliphatic rings. The van der Waals surface area contributed by atoms with Gasteiger partial charge < -0.3 is 4.98 Å². The number of halogens is 1. The first kappa shape index (κ1) is 12.7. The summed E-state index contributed by atoms with van der Waals surface area (Å²) in [4.78, 5) is 5.82. The highest BCUT2D eigenvalue weighted by Crippen LogP contribution is 2.27. The van der Waals surface area contributed by atoms with E-state index in [9.17, 15) is 4.39 Å². The normalized spacial score (nSPS) is 20.7. The number of aromatic nitrogens is 1. The van der Waals surface area contributed by atoms with Crippen LogP contribution in [0.15, 0.2) is 24.4 Å². The van der Waals surface area contributed by atoms with Crippen LogP contribution in [0, 0.1) is 5.82 Å². The van der Waals surface area contributed by atoms with Crippen molar-refractivity contribution in [2.75, 3.05) is 6.54 Å². The molecule has 1 saturated heterocycles. The van der Waals surface area contributed by atoms with Crippen molar-refractivity contribution >= 4 is 10.9 Å². The van der Waals surface area contributed by atoms with Gasteiger partial charge in [0.05, 0.1) is 0 Å². The lowest BCUT2D eigenvalue weighted by molar-refractivity contribution is 0.203. The van der Waals surface area contributed by atoms with E-state index in [2.05, 4.69) is 23.7 Å². The molecule has 1 aliphatic heterocycles. The van der Waals surface area contributed by atoms with Crippen molar-refractivity contribution in [2.24, 2.45) is 0 Å². The lowest BCUT2D eigenvalue weighted by Crippen LogP contribution is -2.36. The minimum absolute atomic E-state index is 0.152. The van der Waals surface area contributed by atoms with Gasteiger partial charge in [0.2, 0.25) is 0 Å². The molecule has 0 unspecified atom stereocenters. The molecule has 1 aromatic heterocycles. The predicted octanol–water partition coefficient (Wildman–Crippen LogP) is 3.72. The van der Waals surface area contributed by atoms with Crippen molar-refractivity contribution in [3.8, 4) is 0 Å². The van der Waals surface area contributed by atoms with Crippen molar-refractivity contribution in [3.63, 3.8) is 0 Å². The van der Waals surface area contributed by atoms with Crippen LogP contribution >= 0.6 is 0 Å². The zero-order chi connectivity index (χ0) is 13.4. The Morgan fingerprint density at radius 3 is 3.05 bits per heavy atom. The molecule has 0 saturated carbocycles. The van der Waals surface area contributed by atoms with Crippen molar-refractivity contribution in [3.05, 3.63) is 35.8 Å². The maximum Gasteiger partial charge on any atom is 0.123 e. The van der Waals surface area contributed by atoms with E-state index < -0.39 is 0 Å². The summed E-state index contributed by atoms with van der Waals surface area (Å²) in [5.74, 6) is -0.152. The summed E-state index contributed by atoms with van der Waals surface area (Å²) in [7, 11) is 0. The summed E-state index contributed by atoms with van der Waals surface area (Å²) >= 11 is 0. The average molecular weight is 260 g/mol. The molecule has 0 bridgehead atoms. The Kier molecular flexibility index (Phi) is 3.31. The van der Waals surface area contributed by atoms with Crippen LogP contribution in [0.25, 0.3) is 10.9 Å². The molecule has 0 radical (unpaired) electrons. The molecule has 1 atom stereocenters. The number of H-pyrrole nitrogens is 1. The quantitative estimate of drug-likeness (QED) is 0.891. The van der Waals surface area contributed by atoms with E-state index in [0.29, 0.717) is 12.1 Å². The molecule has 2 aromatic rings. The van der Waals surface area contributed by atoms with Crippen LogP contribution in [0.4, 0.5) is 4.39 Å². The Balaban J connectivity index is 1.87. The number of fused-ring (bicyclic) bond motifs is 1. The summed E-state index contributed by atoms with van der Waals surface area (Å²) in [6.07, 6.45) is 5.59. The second-order valence-corrected chi connectivity index (χ2v) is 5.84. The SMILES string of the molecule is CC(C)N1CCC[C@@H]1Cc1c[nH]c2ccc(F)cc12. The fraction of sp³-hybridized carbons (Fsp3) is 0.500. The Bertz CT molecular complexity index is 573. The molecular weight excluding hydrogens is 239 g/mol. The number of benzene rings is 1. The molecule has 102 valence electrons. The van der Waals surface area contributed by atoms with Crippen LogP contribution in [0.3, 0.4) is 0 Å². The Hall–Kier alpha value is -1.35. The highest BCUT2D eigenvalue weighted by Gasteiger charge is 2.27. The molecule has 1 aromatic carbocycles. The zero-order valence-electron chi connectivity index (χ0n) is 11.6. The van der Waals surface area contributed by atoms with Gasteiger partial charge in [0.1, 0.15) is 5.82 Å². The van der Waals surface area contributed by atoms with E-state index in [1.54, 1.807) is 6.07 Å². The van der Waals surface area contributed by atoms with E-state index in [4.69, 9.17) is 0 Å². The van der Waals surface area contributed by atoms with E-state index in [1.807, 2.05) is 12.3 Å². The van der Waals surface area contributed by atoms with Gasteiger partial charge >= 0.3 is 0 Å². The Morgan fingerprint density at radius 1 is 1.42 bits per heavy atom. The first-order valence-corrected chi connectivity index (χ1v) is 7.16. The summed E-state index contributed by atoms with van der Waals surface area (Å²) in [5.41, 5.74) is 2.28. The van der Waals surface area contributed by atoms with Gasteiger partial charge in [0.15, 0.2) is 0 Å². The first-order valence-electron chi connectivity index (χ1n) is 7.16. The Morgan fingerprint density at radius 2 is 2.26 bits per heavy atom. The standard InChI is InChI=1S/C16H21FN2/c1-11(2)19-7-3-4-14(19)8-12-10-18-16-6-5-13(17)9-15(12)16/h5-6,9-11,14,18H,3-4,7-8H2,1-2H3/t14-/m1/s1. The minimum atomic E-state index is -0.152. The molecule has 2 nitrogen and oxygen atoms in total. The van der Waals surface area contributed by atoms with Crippen LogP contribution in [0.1, 0.15) is 32.3 Å². The van der Waals surface area contributed by atoms with Crippen molar-refractivity contribution in [2.45, 2.75) is 45.2 Å².